The molecule has 2 nitrogen and oxygen atoms in total. The second-order valence-corrected chi connectivity index (χ2v) is 3.88. The number of benzene rings is 2. The van der Waals surface area contributed by atoms with E-state index in [1.54, 1.807) is 6.26 Å². The molecule has 0 radical (unpaired) electrons. The predicted octanol–water partition coefficient (Wildman–Crippen LogP) is 4.27. The molecule has 0 spiro atoms. The summed E-state index contributed by atoms with van der Waals surface area (Å²) in [5.41, 5.74) is 0.883. The van der Waals surface area contributed by atoms with Crippen molar-refractivity contribution in [1.82, 2.24) is 0 Å². The van der Waals surface area contributed by atoms with Gasteiger partial charge in [-0.25, -0.2) is 4.42 Å². The van der Waals surface area contributed by atoms with Gasteiger partial charge in [0.1, 0.15) is 11.1 Å². The molecule has 2 heteroatoms. The number of fused-ring (bicyclic) bond motifs is 3. The highest BCUT2D eigenvalue weighted by molar-refractivity contribution is 6.05. The lowest BCUT2D eigenvalue weighted by atomic mass is 10.1. The molecule has 2 aromatic carbocycles. The molecule has 0 fully saturated rings. The van der Waals surface area contributed by atoms with Crippen molar-refractivity contribution in [3.63, 3.8) is 0 Å². The molecule has 1 aromatic heterocycles. The Morgan fingerprint density at radius 1 is 1.00 bits per heavy atom. The quantitative estimate of drug-likeness (QED) is 0.479. The first-order valence-electron chi connectivity index (χ1n) is 5.75. The van der Waals surface area contributed by atoms with Crippen LogP contribution in [0.1, 0.15) is 6.92 Å². The van der Waals surface area contributed by atoms with Crippen LogP contribution in [0.2, 0.25) is 0 Å². The molecular formula is C15H13O2+. The van der Waals surface area contributed by atoms with Crippen molar-refractivity contribution in [2.45, 2.75) is 6.92 Å². The van der Waals surface area contributed by atoms with Crippen molar-refractivity contribution < 1.29 is 9.15 Å². The van der Waals surface area contributed by atoms with Crippen molar-refractivity contribution in [3.05, 3.63) is 48.7 Å². The second kappa shape index (κ2) is 4.06. The molecule has 1 heterocycles. The van der Waals surface area contributed by atoms with Gasteiger partial charge in [-0.15, -0.1) is 0 Å². The Morgan fingerprint density at radius 2 is 1.88 bits per heavy atom. The van der Waals surface area contributed by atoms with E-state index in [-0.39, 0.29) is 0 Å². The standard InChI is InChI=1S/C15H13O2/c1-2-16-14-9-10-17-15-12-6-4-3-5-11(12)7-8-13(14)15/h3-10H,2H2,1H3/q+1. The van der Waals surface area contributed by atoms with E-state index in [0.29, 0.717) is 6.61 Å². The highest BCUT2D eigenvalue weighted by Crippen LogP contribution is 2.31. The number of ether oxygens (including phenoxy) is 1. The Labute approximate surface area is 99.4 Å². The summed E-state index contributed by atoms with van der Waals surface area (Å²) in [6.07, 6.45) is 1.68. The molecule has 0 atom stereocenters. The van der Waals surface area contributed by atoms with E-state index < -0.39 is 0 Å². The third kappa shape index (κ3) is 1.62. The van der Waals surface area contributed by atoms with Gasteiger partial charge in [-0.3, -0.25) is 0 Å². The summed E-state index contributed by atoms with van der Waals surface area (Å²) in [5.74, 6) is 0.875. The maximum absolute atomic E-state index is 5.63. The molecule has 3 aromatic rings. The van der Waals surface area contributed by atoms with E-state index in [0.717, 1.165) is 22.1 Å². The first kappa shape index (κ1) is 10.1. The van der Waals surface area contributed by atoms with Crippen LogP contribution in [0.25, 0.3) is 21.7 Å². The Bertz CT molecular complexity index is 674. The molecule has 17 heavy (non-hydrogen) atoms. The highest BCUT2D eigenvalue weighted by atomic mass is 16.5. The van der Waals surface area contributed by atoms with Crippen molar-refractivity contribution in [2.75, 3.05) is 6.61 Å². The molecule has 0 aliphatic rings. The first-order chi connectivity index (χ1) is 8.40. The van der Waals surface area contributed by atoms with Gasteiger partial charge in [0.05, 0.1) is 18.1 Å². The average molecular weight is 225 g/mol. The summed E-state index contributed by atoms with van der Waals surface area (Å²) in [7, 11) is 0. The van der Waals surface area contributed by atoms with Gasteiger partial charge in [-0.1, -0.05) is 24.3 Å². The van der Waals surface area contributed by atoms with E-state index in [1.165, 1.54) is 5.39 Å². The minimum atomic E-state index is 0.659. The summed E-state index contributed by atoms with van der Waals surface area (Å²) in [6.45, 7) is 2.64. The van der Waals surface area contributed by atoms with Crippen LogP contribution in [-0.2, 0) is 0 Å². The van der Waals surface area contributed by atoms with Gasteiger partial charge in [0.25, 0.3) is 0 Å². The minimum Gasteiger partial charge on any atom is -0.493 e. The van der Waals surface area contributed by atoms with Gasteiger partial charge < -0.3 is 4.74 Å². The van der Waals surface area contributed by atoms with Crippen molar-refractivity contribution in [2.24, 2.45) is 0 Å². The predicted molar refractivity (Wildman–Crippen MR) is 69.3 cm³/mol. The maximum Gasteiger partial charge on any atom is 0.371 e. The summed E-state index contributed by atoms with van der Waals surface area (Å²) in [4.78, 5) is 0. The third-order valence-electron chi connectivity index (χ3n) is 2.85. The van der Waals surface area contributed by atoms with E-state index in [9.17, 15) is 0 Å². The Balaban J connectivity index is 2.40. The van der Waals surface area contributed by atoms with Gasteiger partial charge in [0, 0.05) is 0 Å². The topological polar surface area (TPSA) is 20.5 Å². The second-order valence-electron chi connectivity index (χ2n) is 3.88. The first-order valence-corrected chi connectivity index (χ1v) is 5.75. The highest BCUT2D eigenvalue weighted by Gasteiger charge is 2.14. The van der Waals surface area contributed by atoms with E-state index in [2.05, 4.69) is 18.2 Å². The van der Waals surface area contributed by atoms with Crippen LogP contribution < -0.4 is 4.74 Å². The molecule has 0 unspecified atom stereocenters. The molecule has 84 valence electrons. The maximum atomic E-state index is 5.63. The lowest BCUT2D eigenvalue weighted by Gasteiger charge is -2.03. The molecule has 0 aliphatic heterocycles. The smallest absolute Gasteiger partial charge is 0.371 e. The van der Waals surface area contributed by atoms with Crippen LogP contribution in [0.3, 0.4) is 0 Å². The number of hydrogen-bond donors (Lipinski definition) is 0. The zero-order valence-corrected chi connectivity index (χ0v) is 9.64. The molecular weight excluding hydrogens is 212 g/mol. The van der Waals surface area contributed by atoms with Gasteiger partial charge in [0.2, 0.25) is 0 Å². The molecule has 0 aliphatic carbocycles. The van der Waals surface area contributed by atoms with Gasteiger partial charge in [-0.05, 0) is 24.4 Å². The largest absolute Gasteiger partial charge is 0.493 e. The molecule has 0 saturated carbocycles. The molecule has 0 saturated heterocycles. The van der Waals surface area contributed by atoms with Crippen LogP contribution >= 0.6 is 0 Å². The fourth-order valence-electron chi connectivity index (χ4n) is 2.10. The zero-order valence-electron chi connectivity index (χ0n) is 9.64. The Hall–Kier alpha value is -2.09. The Kier molecular flexibility index (Phi) is 2.41. The summed E-state index contributed by atoms with van der Waals surface area (Å²) in [5, 5.41) is 3.32. The molecule has 0 N–H and O–H groups in total. The van der Waals surface area contributed by atoms with Gasteiger partial charge >= 0.3 is 11.8 Å². The van der Waals surface area contributed by atoms with Crippen molar-refractivity contribution in [1.29, 1.82) is 0 Å². The van der Waals surface area contributed by atoms with Crippen LogP contribution in [0.4, 0.5) is 0 Å². The van der Waals surface area contributed by atoms with Gasteiger partial charge in [-0.2, -0.15) is 0 Å². The summed E-state index contributed by atoms with van der Waals surface area (Å²) in [6, 6.07) is 14.2. The SMILES string of the molecule is CCOc1cc[o+]c2c1ccc1ccccc12. The summed E-state index contributed by atoms with van der Waals surface area (Å²) >= 11 is 0. The van der Waals surface area contributed by atoms with Gasteiger partial charge in [0.15, 0.2) is 0 Å². The number of hydrogen-bond acceptors (Lipinski definition) is 1. The molecule has 3 rings (SSSR count). The Morgan fingerprint density at radius 3 is 2.76 bits per heavy atom. The van der Waals surface area contributed by atoms with E-state index in [4.69, 9.17) is 9.15 Å². The monoisotopic (exact) mass is 225 g/mol. The van der Waals surface area contributed by atoms with Crippen molar-refractivity contribution >= 4 is 21.7 Å². The fraction of sp³-hybridized carbons (Fsp3) is 0.133. The van der Waals surface area contributed by atoms with E-state index >= 15 is 0 Å². The van der Waals surface area contributed by atoms with Crippen LogP contribution in [-0.4, -0.2) is 6.61 Å². The summed E-state index contributed by atoms with van der Waals surface area (Å²) < 4.78 is 11.2. The normalized spacial score (nSPS) is 10.9. The van der Waals surface area contributed by atoms with Crippen LogP contribution in [0.15, 0.2) is 53.1 Å². The minimum absolute atomic E-state index is 0.659. The third-order valence-corrected chi connectivity index (χ3v) is 2.85. The van der Waals surface area contributed by atoms with Crippen LogP contribution in [0.5, 0.6) is 5.75 Å². The lowest BCUT2D eigenvalue weighted by Crippen LogP contribution is -1.92. The lowest BCUT2D eigenvalue weighted by molar-refractivity contribution is 0.342. The fourth-order valence-corrected chi connectivity index (χ4v) is 2.10. The van der Waals surface area contributed by atoms with Crippen molar-refractivity contribution in [3.8, 4) is 5.75 Å². The molecule has 0 amide bonds. The average Bonchev–Trinajstić information content (AvgIpc) is 2.39. The number of rotatable bonds is 2. The van der Waals surface area contributed by atoms with E-state index in [1.807, 2.05) is 31.2 Å². The van der Waals surface area contributed by atoms with Crippen LogP contribution in [0, 0.1) is 0 Å². The molecule has 0 bridgehead atoms. The zero-order chi connectivity index (χ0) is 11.7.